The van der Waals surface area contributed by atoms with Crippen molar-refractivity contribution in [2.45, 2.75) is 31.6 Å². The van der Waals surface area contributed by atoms with Crippen molar-refractivity contribution >= 4 is 78.9 Å². The number of hydrogen-bond donors (Lipinski definition) is 0. The van der Waals surface area contributed by atoms with E-state index in [-0.39, 0.29) is 12.3 Å². The van der Waals surface area contributed by atoms with Crippen LogP contribution in [0.5, 0.6) is 0 Å². The first-order valence-corrected chi connectivity index (χ1v) is 21.5. The van der Waals surface area contributed by atoms with Gasteiger partial charge in [0.15, 0.2) is 0 Å². The highest BCUT2D eigenvalue weighted by Gasteiger charge is 2.53. The van der Waals surface area contributed by atoms with Gasteiger partial charge >= 0.3 is 6.85 Å². The predicted octanol–water partition coefficient (Wildman–Crippen LogP) is 13.4. The Hall–Kier alpha value is -7.30. The molecule has 0 radical (unpaired) electrons. The van der Waals surface area contributed by atoms with E-state index < -0.39 is 5.41 Å². The number of hydrogen-bond acceptors (Lipinski definition) is 3. The predicted molar refractivity (Wildman–Crippen MR) is 256 cm³/mol. The first-order valence-electron chi connectivity index (χ1n) is 21.5. The summed E-state index contributed by atoms with van der Waals surface area (Å²) in [4.78, 5) is 5.23. The van der Waals surface area contributed by atoms with Gasteiger partial charge in [0.05, 0.1) is 11.1 Å². The fourth-order valence-electron chi connectivity index (χ4n) is 11.3. The topological polar surface area (TPSA) is 19.6 Å². The van der Waals surface area contributed by atoms with Gasteiger partial charge in [-0.3, -0.25) is 0 Å². The van der Waals surface area contributed by atoms with Gasteiger partial charge in [0, 0.05) is 39.1 Å². The zero-order chi connectivity index (χ0) is 40.6. The monoisotopic (exact) mass is 780 g/mol. The van der Waals surface area contributed by atoms with Crippen LogP contribution in [0.4, 0.5) is 28.4 Å². The van der Waals surface area contributed by atoms with E-state index in [9.17, 15) is 0 Å². The summed E-state index contributed by atoms with van der Waals surface area (Å²) in [6, 6.07) is 72.4. The lowest BCUT2D eigenvalue weighted by Gasteiger charge is -2.52. The highest BCUT2D eigenvalue weighted by Crippen LogP contribution is 2.60. The lowest BCUT2D eigenvalue weighted by Crippen LogP contribution is -2.62. The molecule has 10 aromatic rings. The number of nitrogens with zero attached hydrogens (tertiary/aromatic N) is 2. The van der Waals surface area contributed by atoms with E-state index >= 15 is 0 Å². The number of rotatable bonds is 3. The molecule has 1 aromatic heterocycles. The molecule has 0 spiro atoms. The molecular formula is C57H41BN2O. The minimum absolute atomic E-state index is 0.0207. The van der Waals surface area contributed by atoms with Crippen LogP contribution in [0.2, 0.25) is 0 Å². The summed E-state index contributed by atoms with van der Waals surface area (Å²) < 4.78 is 7.03. The molecule has 4 heteroatoms. The zero-order valence-electron chi connectivity index (χ0n) is 34.4. The largest absolute Gasteiger partial charge is 0.455 e. The third kappa shape index (κ3) is 4.54. The Morgan fingerprint density at radius 3 is 1.92 bits per heavy atom. The maximum atomic E-state index is 7.03. The van der Waals surface area contributed by atoms with Crippen LogP contribution in [0, 0.1) is 0 Å². The third-order valence-corrected chi connectivity index (χ3v) is 13.8. The van der Waals surface area contributed by atoms with Gasteiger partial charge in [0.2, 0.25) is 0 Å². The van der Waals surface area contributed by atoms with Gasteiger partial charge in [-0.1, -0.05) is 172 Å². The molecule has 0 atom stereocenters. The van der Waals surface area contributed by atoms with E-state index in [1.807, 2.05) is 0 Å². The van der Waals surface area contributed by atoms with E-state index in [2.05, 4.69) is 225 Å². The van der Waals surface area contributed by atoms with Crippen LogP contribution >= 0.6 is 0 Å². The molecule has 3 aliphatic rings. The number of furan rings is 1. The Morgan fingerprint density at radius 2 is 1.16 bits per heavy atom. The molecule has 0 saturated carbocycles. The quantitative estimate of drug-likeness (QED) is 0.167. The van der Waals surface area contributed by atoms with Crippen LogP contribution in [0.25, 0.3) is 43.8 Å². The second-order valence-electron chi connectivity index (χ2n) is 18.0. The van der Waals surface area contributed by atoms with E-state index in [4.69, 9.17) is 4.42 Å². The smallest absolute Gasteiger partial charge is 0.333 e. The SMILES string of the molecule is CC(C)(C)c1ccc(N2B3c4cccc5c4N(c4ccccc4C5(c4ccccc4)c4ccccc4)c4cc5ccccc5c(c43)-c3c2ccc2c3oc3ccccc32)cc1. The van der Waals surface area contributed by atoms with Crippen molar-refractivity contribution in [3.8, 4) is 11.1 Å². The molecule has 0 unspecified atom stereocenters. The van der Waals surface area contributed by atoms with E-state index in [0.717, 1.165) is 38.9 Å². The molecule has 0 saturated heterocycles. The second-order valence-corrected chi connectivity index (χ2v) is 18.0. The van der Waals surface area contributed by atoms with Crippen molar-refractivity contribution in [1.82, 2.24) is 0 Å². The van der Waals surface area contributed by atoms with Gasteiger partial charge in [-0.05, 0) is 103 Å². The fraction of sp³-hybridized carbons (Fsp3) is 0.0877. The van der Waals surface area contributed by atoms with E-state index in [1.165, 1.54) is 72.1 Å². The highest BCUT2D eigenvalue weighted by atomic mass is 16.3. The summed E-state index contributed by atoms with van der Waals surface area (Å²) in [5.41, 5.74) is 18.6. The second kappa shape index (κ2) is 12.4. The minimum Gasteiger partial charge on any atom is -0.455 e. The first-order chi connectivity index (χ1) is 29.9. The molecule has 61 heavy (non-hydrogen) atoms. The fourth-order valence-corrected chi connectivity index (χ4v) is 11.3. The summed E-state index contributed by atoms with van der Waals surface area (Å²) in [7, 11) is 0. The standard InChI is InChI=1S/C57H41BN2O/c1-56(2,3)37-29-31-40(32-30-37)60-48-34-33-43-42-23-12-15-28-50(42)61-55(43)52(48)51-41-22-11-10-17-36(41)35-49-53(51)58(60)46-26-16-25-45-54(46)59(49)47-27-14-13-24-44(47)57(45,38-18-6-4-7-19-38)39-20-8-5-9-21-39/h4-35H,1-3H3. The van der Waals surface area contributed by atoms with Crippen LogP contribution in [0.15, 0.2) is 199 Å². The molecule has 0 fully saturated rings. The van der Waals surface area contributed by atoms with Crippen molar-refractivity contribution in [1.29, 1.82) is 0 Å². The summed E-state index contributed by atoms with van der Waals surface area (Å²) in [5.74, 6) is 0. The molecule has 4 heterocycles. The zero-order valence-corrected chi connectivity index (χ0v) is 34.4. The number of para-hydroxylation sites is 3. The molecule has 0 amide bonds. The van der Waals surface area contributed by atoms with Crippen molar-refractivity contribution in [3.05, 3.63) is 222 Å². The van der Waals surface area contributed by atoms with Gasteiger partial charge in [-0.2, -0.15) is 0 Å². The molecule has 0 aliphatic carbocycles. The maximum absolute atomic E-state index is 7.03. The summed E-state index contributed by atoms with van der Waals surface area (Å²) in [5, 5.41) is 4.71. The first kappa shape index (κ1) is 34.6. The Labute approximate surface area is 356 Å². The number of fused-ring (bicyclic) bond motifs is 12. The molecule has 9 aromatic carbocycles. The molecule has 3 nitrogen and oxygen atoms in total. The molecule has 288 valence electrons. The third-order valence-electron chi connectivity index (χ3n) is 13.8. The summed E-state index contributed by atoms with van der Waals surface area (Å²) in [6.07, 6.45) is 0. The van der Waals surface area contributed by atoms with Crippen molar-refractivity contribution in [2.24, 2.45) is 0 Å². The molecule has 0 bridgehead atoms. The van der Waals surface area contributed by atoms with Gasteiger partial charge in [0.1, 0.15) is 11.2 Å². The Kier molecular flexibility index (Phi) is 7.01. The van der Waals surface area contributed by atoms with Crippen molar-refractivity contribution in [3.63, 3.8) is 0 Å². The van der Waals surface area contributed by atoms with Crippen LogP contribution in [0.1, 0.15) is 48.6 Å². The maximum Gasteiger partial charge on any atom is 0.333 e. The van der Waals surface area contributed by atoms with Crippen LogP contribution in [-0.2, 0) is 10.8 Å². The van der Waals surface area contributed by atoms with E-state index in [0.29, 0.717) is 0 Å². The molecule has 13 rings (SSSR count). The molecular weight excluding hydrogens is 739 g/mol. The van der Waals surface area contributed by atoms with Crippen LogP contribution < -0.4 is 20.6 Å². The molecule has 3 aliphatic heterocycles. The normalized spacial score (nSPS) is 14.5. The Morgan fingerprint density at radius 1 is 0.508 bits per heavy atom. The minimum atomic E-state index is -0.579. The number of anilines is 5. The Balaban J connectivity index is 1.22. The summed E-state index contributed by atoms with van der Waals surface area (Å²) >= 11 is 0. The Bertz CT molecular complexity index is 3380. The highest BCUT2D eigenvalue weighted by molar-refractivity contribution is 6.94. The summed E-state index contributed by atoms with van der Waals surface area (Å²) in [6.45, 7) is 6.73. The van der Waals surface area contributed by atoms with Gasteiger partial charge < -0.3 is 14.1 Å². The molecule has 0 N–H and O–H groups in total. The van der Waals surface area contributed by atoms with Crippen LogP contribution in [0.3, 0.4) is 0 Å². The average molecular weight is 781 g/mol. The average Bonchev–Trinajstić information content (AvgIpc) is 3.69. The van der Waals surface area contributed by atoms with Gasteiger partial charge in [0.25, 0.3) is 0 Å². The van der Waals surface area contributed by atoms with Gasteiger partial charge in [-0.15, -0.1) is 0 Å². The number of benzene rings is 9. The van der Waals surface area contributed by atoms with Crippen LogP contribution in [-0.4, -0.2) is 6.85 Å². The van der Waals surface area contributed by atoms with Crippen molar-refractivity contribution < 1.29 is 4.42 Å². The van der Waals surface area contributed by atoms with Crippen molar-refractivity contribution in [2.75, 3.05) is 9.71 Å². The lowest BCUT2D eigenvalue weighted by molar-refractivity contribution is 0.590. The lowest BCUT2D eigenvalue weighted by atomic mass is 9.42. The van der Waals surface area contributed by atoms with Gasteiger partial charge in [-0.25, -0.2) is 0 Å². The van der Waals surface area contributed by atoms with E-state index in [1.54, 1.807) is 0 Å².